The number of hydrogen-bond acceptors (Lipinski definition) is 6. The van der Waals surface area contributed by atoms with Crippen LogP contribution in [0.1, 0.15) is 36.1 Å². The second-order valence-corrected chi connectivity index (χ2v) is 10.0. The van der Waals surface area contributed by atoms with E-state index in [4.69, 9.17) is 21.3 Å². The molecule has 2 N–H and O–H groups in total. The highest BCUT2D eigenvalue weighted by atomic mass is 35.5. The lowest BCUT2D eigenvalue weighted by Gasteiger charge is -2.36. The van der Waals surface area contributed by atoms with Crippen LogP contribution in [0.2, 0.25) is 5.02 Å². The first-order chi connectivity index (χ1) is 17.3. The van der Waals surface area contributed by atoms with Crippen molar-refractivity contribution in [2.45, 2.75) is 33.2 Å². The Bertz CT molecular complexity index is 1270. The average molecular weight is 525 g/mol. The molecule has 9 heteroatoms. The molecule has 0 aromatic heterocycles. The van der Waals surface area contributed by atoms with Crippen molar-refractivity contribution in [2.75, 3.05) is 25.6 Å². The Labute approximate surface area is 220 Å². The van der Waals surface area contributed by atoms with Gasteiger partial charge in [-0.1, -0.05) is 53.2 Å². The van der Waals surface area contributed by atoms with Crippen molar-refractivity contribution in [1.29, 1.82) is 0 Å². The van der Waals surface area contributed by atoms with E-state index in [-0.39, 0.29) is 18.2 Å². The number of thioether (sulfide) groups is 1. The molecule has 0 saturated carbocycles. The van der Waals surface area contributed by atoms with Gasteiger partial charge in [0.25, 0.3) is 5.91 Å². The van der Waals surface area contributed by atoms with E-state index in [1.807, 2.05) is 61.4 Å². The monoisotopic (exact) mass is 524 g/mol. The van der Waals surface area contributed by atoms with Gasteiger partial charge in [-0.25, -0.2) is 4.99 Å². The molecule has 36 heavy (non-hydrogen) atoms. The highest BCUT2D eigenvalue weighted by molar-refractivity contribution is 8.16. The zero-order chi connectivity index (χ0) is 25.8. The number of amides is 2. The number of carbonyl (C=O) groups is 2. The number of ether oxygens (including phenoxy) is 1. The number of amidine groups is 1. The third-order valence-electron chi connectivity index (χ3n) is 6.03. The number of allylic oxidation sites excluding steroid dienone is 1. The Morgan fingerprint density at radius 1 is 1.14 bits per heavy atom. The number of nitrogens with one attached hydrogen (secondary N) is 2. The second kappa shape index (κ2) is 11.3. The fraction of sp³-hybridized carbons (Fsp3) is 0.296. The van der Waals surface area contributed by atoms with E-state index in [0.717, 1.165) is 33.2 Å². The summed E-state index contributed by atoms with van der Waals surface area (Å²) in [4.78, 5) is 33.1. The molecule has 0 saturated heterocycles. The van der Waals surface area contributed by atoms with Gasteiger partial charge in [-0.05, 0) is 55.5 Å². The van der Waals surface area contributed by atoms with Gasteiger partial charge in [-0.2, -0.15) is 0 Å². The van der Waals surface area contributed by atoms with Crippen molar-refractivity contribution < 1.29 is 14.3 Å². The van der Waals surface area contributed by atoms with Gasteiger partial charge in [0.05, 0.1) is 30.3 Å². The molecular weight excluding hydrogens is 496 g/mol. The van der Waals surface area contributed by atoms with E-state index in [1.54, 1.807) is 19.2 Å². The van der Waals surface area contributed by atoms with Crippen LogP contribution in [0, 0.1) is 13.8 Å². The van der Waals surface area contributed by atoms with Crippen molar-refractivity contribution in [3.63, 3.8) is 0 Å². The van der Waals surface area contributed by atoms with Crippen molar-refractivity contribution in [3.8, 4) is 0 Å². The summed E-state index contributed by atoms with van der Waals surface area (Å²) in [6.45, 7) is 6.70. The summed E-state index contributed by atoms with van der Waals surface area (Å²) in [5.41, 5.74) is 5.67. The van der Waals surface area contributed by atoms with Crippen LogP contribution in [-0.2, 0) is 14.3 Å². The zero-order valence-electron chi connectivity index (χ0n) is 20.7. The number of hydrogen-bond donors (Lipinski definition) is 2. The lowest BCUT2D eigenvalue weighted by molar-refractivity contribution is -0.120. The summed E-state index contributed by atoms with van der Waals surface area (Å²) in [6.07, 6.45) is 0.158. The summed E-state index contributed by atoms with van der Waals surface area (Å²) in [6, 6.07) is 12.9. The third-order valence-corrected chi connectivity index (χ3v) is 7.17. The van der Waals surface area contributed by atoms with Gasteiger partial charge < -0.3 is 20.3 Å². The molecule has 1 atom stereocenters. The number of anilines is 1. The summed E-state index contributed by atoms with van der Waals surface area (Å²) in [7, 11) is 1.59. The Morgan fingerprint density at radius 2 is 1.89 bits per heavy atom. The van der Waals surface area contributed by atoms with Gasteiger partial charge in [-0.15, -0.1) is 0 Å². The number of fused-ring (bicyclic) bond motifs is 1. The number of rotatable bonds is 8. The molecule has 2 aliphatic heterocycles. The van der Waals surface area contributed by atoms with Gasteiger partial charge in [0.15, 0.2) is 5.17 Å². The number of aryl methyl sites for hydroxylation is 2. The number of nitrogens with zero attached hydrogens (tertiary/aromatic N) is 2. The topological polar surface area (TPSA) is 83.0 Å². The summed E-state index contributed by atoms with van der Waals surface area (Å²) in [5.74, 6) is -0.356. The fourth-order valence-electron chi connectivity index (χ4n) is 4.28. The van der Waals surface area contributed by atoms with Gasteiger partial charge in [-0.3, -0.25) is 9.59 Å². The maximum Gasteiger partial charge on any atom is 0.255 e. The van der Waals surface area contributed by atoms with Crippen LogP contribution in [0.3, 0.4) is 0 Å². The van der Waals surface area contributed by atoms with Gasteiger partial charge in [0.1, 0.15) is 0 Å². The quantitative estimate of drug-likeness (QED) is 0.456. The molecule has 2 amide bonds. The zero-order valence-corrected chi connectivity index (χ0v) is 22.3. The minimum Gasteiger partial charge on any atom is -0.383 e. The molecular formula is C27H29ClN4O3S. The maximum atomic E-state index is 13.7. The predicted octanol–water partition coefficient (Wildman–Crippen LogP) is 5.32. The van der Waals surface area contributed by atoms with E-state index in [2.05, 4.69) is 10.6 Å². The molecule has 2 aromatic rings. The lowest BCUT2D eigenvalue weighted by Crippen LogP contribution is -2.39. The Morgan fingerprint density at radius 3 is 2.58 bits per heavy atom. The summed E-state index contributed by atoms with van der Waals surface area (Å²) >= 11 is 7.63. The van der Waals surface area contributed by atoms with Crippen molar-refractivity contribution in [3.05, 3.63) is 86.6 Å². The molecule has 0 spiro atoms. The SMILES string of the molecule is COCCNC(=O)CC1=CSC2=NC(C)=C(C(=O)Nc3ccc(C)cc3C)[C@H](c3ccc(Cl)cc3)N12. The van der Waals surface area contributed by atoms with Crippen LogP contribution in [0.4, 0.5) is 5.69 Å². The predicted molar refractivity (Wildman–Crippen MR) is 146 cm³/mol. The molecule has 0 fully saturated rings. The van der Waals surface area contributed by atoms with E-state index in [0.29, 0.717) is 29.4 Å². The largest absolute Gasteiger partial charge is 0.383 e. The highest BCUT2D eigenvalue weighted by Crippen LogP contribution is 2.45. The van der Waals surface area contributed by atoms with Crippen LogP contribution in [0.15, 0.2) is 69.8 Å². The second-order valence-electron chi connectivity index (χ2n) is 8.74. The van der Waals surface area contributed by atoms with E-state index in [9.17, 15) is 9.59 Å². The van der Waals surface area contributed by atoms with Crippen LogP contribution < -0.4 is 10.6 Å². The number of halogens is 1. The fourth-order valence-corrected chi connectivity index (χ4v) is 5.37. The smallest absolute Gasteiger partial charge is 0.255 e. The molecule has 0 bridgehead atoms. The van der Waals surface area contributed by atoms with Gasteiger partial charge >= 0.3 is 0 Å². The molecule has 2 heterocycles. The normalized spacial score (nSPS) is 16.9. The Hall–Kier alpha value is -3.07. The maximum absolute atomic E-state index is 13.7. The van der Waals surface area contributed by atoms with Crippen LogP contribution in [0.25, 0.3) is 0 Å². The summed E-state index contributed by atoms with van der Waals surface area (Å²) < 4.78 is 5.02. The van der Waals surface area contributed by atoms with Crippen LogP contribution >= 0.6 is 23.4 Å². The van der Waals surface area contributed by atoms with E-state index < -0.39 is 6.04 Å². The molecule has 188 valence electrons. The first-order valence-corrected chi connectivity index (χ1v) is 12.9. The van der Waals surface area contributed by atoms with Crippen molar-refractivity contribution in [1.82, 2.24) is 10.2 Å². The van der Waals surface area contributed by atoms with E-state index >= 15 is 0 Å². The van der Waals surface area contributed by atoms with Crippen LogP contribution in [-0.4, -0.2) is 42.1 Å². The lowest BCUT2D eigenvalue weighted by atomic mass is 9.93. The molecule has 2 aliphatic rings. The molecule has 4 rings (SSSR count). The Kier molecular flexibility index (Phi) is 8.18. The molecule has 0 radical (unpaired) electrons. The number of benzene rings is 2. The van der Waals surface area contributed by atoms with Crippen LogP contribution in [0.5, 0.6) is 0 Å². The molecule has 7 nitrogen and oxygen atoms in total. The molecule has 2 aromatic carbocycles. The first-order valence-electron chi connectivity index (χ1n) is 11.6. The van der Waals surface area contributed by atoms with Crippen molar-refractivity contribution in [2.24, 2.45) is 4.99 Å². The number of aliphatic imine (C=N–C) groups is 1. The minimum absolute atomic E-state index is 0.123. The average Bonchev–Trinajstić information content (AvgIpc) is 3.22. The Balaban J connectivity index is 1.69. The highest BCUT2D eigenvalue weighted by Gasteiger charge is 2.40. The first kappa shape index (κ1) is 26.0. The van der Waals surface area contributed by atoms with Gasteiger partial charge in [0.2, 0.25) is 5.91 Å². The number of methoxy groups -OCH3 is 1. The third kappa shape index (κ3) is 5.67. The van der Waals surface area contributed by atoms with Gasteiger partial charge in [0, 0.05) is 30.1 Å². The number of carbonyl (C=O) groups excluding carboxylic acids is 2. The molecule has 0 aliphatic carbocycles. The van der Waals surface area contributed by atoms with Crippen molar-refractivity contribution >= 4 is 46.0 Å². The summed E-state index contributed by atoms with van der Waals surface area (Å²) in [5, 5.41) is 9.21. The molecule has 0 unspecified atom stereocenters. The van der Waals surface area contributed by atoms with E-state index in [1.165, 1.54) is 11.8 Å². The standard InChI is InChI=1S/C27H29ClN4O3S/c1-16-5-10-22(17(2)13-16)31-26(34)24-18(3)30-27-32(25(24)19-6-8-20(28)9-7-19)21(15-36-27)14-23(33)29-11-12-35-4/h5-10,13,15,25H,11-12,14H2,1-4H3,(H,29,33)(H,31,34)/t25-/m0/s1. The minimum atomic E-state index is -0.464.